The fourth-order valence-corrected chi connectivity index (χ4v) is 4.95. The Kier molecular flexibility index (Phi) is 10.6. The van der Waals surface area contributed by atoms with Crippen LogP contribution in [-0.4, -0.2) is 93.9 Å². The summed E-state index contributed by atoms with van der Waals surface area (Å²) in [6.45, 7) is 10.7. The molecule has 2 saturated heterocycles. The van der Waals surface area contributed by atoms with E-state index in [2.05, 4.69) is 31.4 Å². The molecule has 2 amide bonds. The van der Waals surface area contributed by atoms with Crippen molar-refractivity contribution in [1.82, 2.24) is 15.1 Å². The summed E-state index contributed by atoms with van der Waals surface area (Å²) in [5.41, 5.74) is 2.37. The van der Waals surface area contributed by atoms with Gasteiger partial charge in [0.2, 0.25) is 0 Å². The third kappa shape index (κ3) is 8.36. The van der Waals surface area contributed by atoms with Crippen molar-refractivity contribution in [1.29, 1.82) is 0 Å². The third-order valence-electron chi connectivity index (χ3n) is 7.07. The average molecular weight is 524 g/mol. The lowest BCUT2D eigenvalue weighted by atomic mass is 10.1. The number of nitrogens with one attached hydrogen (secondary N) is 2. The fourth-order valence-electron chi connectivity index (χ4n) is 4.95. The van der Waals surface area contributed by atoms with Crippen molar-refractivity contribution >= 4 is 23.4 Å². The predicted molar refractivity (Wildman–Crippen MR) is 150 cm³/mol. The fraction of sp³-hybridized carbons (Fsp3) is 0.517. The van der Waals surface area contributed by atoms with E-state index in [4.69, 9.17) is 9.47 Å². The van der Waals surface area contributed by atoms with E-state index >= 15 is 0 Å². The standard InChI is InChI=1S/C29H41N5O4/c1-2-37-27-12-5-4-11-26(27)31-29(36)38-22-21-33-17-19-34(20-18-33)25-10-8-9-24(23-25)28(35)30-13-16-32-14-6-3-7-15-32/h4-5,8-12,23H,2-3,6-7,13-22H2,1H3,(H,30,35)(H,31,36). The summed E-state index contributed by atoms with van der Waals surface area (Å²) in [5.74, 6) is 0.615. The molecule has 2 N–H and O–H groups in total. The Morgan fingerprint density at radius 3 is 2.42 bits per heavy atom. The van der Waals surface area contributed by atoms with Gasteiger partial charge < -0.3 is 24.6 Å². The summed E-state index contributed by atoms with van der Waals surface area (Å²) < 4.78 is 10.9. The normalized spacial score (nSPS) is 16.6. The molecule has 38 heavy (non-hydrogen) atoms. The van der Waals surface area contributed by atoms with E-state index in [9.17, 15) is 9.59 Å². The molecule has 0 radical (unpaired) electrons. The molecule has 0 aromatic heterocycles. The molecule has 4 rings (SSSR count). The van der Waals surface area contributed by atoms with Gasteiger partial charge in [-0.1, -0.05) is 24.6 Å². The molecule has 9 nitrogen and oxygen atoms in total. The van der Waals surface area contributed by atoms with Crippen LogP contribution >= 0.6 is 0 Å². The van der Waals surface area contributed by atoms with Gasteiger partial charge in [0.05, 0.1) is 12.3 Å². The van der Waals surface area contributed by atoms with Crippen molar-refractivity contribution in [2.24, 2.45) is 0 Å². The summed E-state index contributed by atoms with van der Waals surface area (Å²) in [4.78, 5) is 32.0. The number of para-hydroxylation sites is 2. The van der Waals surface area contributed by atoms with Crippen LogP contribution in [0.1, 0.15) is 36.5 Å². The Labute approximate surface area is 226 Å². The minimum atomic E-state index is -0.484. The molecule has 9 heteroatoms. The molecule has 206 valence electrons. The van der Waals surface area contributed by atoms with Crippen LogP contribution in [-0.2, 0) is 4.74 Å². The Bertz CT molecular complexity index is 1040. The van der Waals surface area contributed by atoms with Gasteiger partial charge in [-0.3, -0.25) is 15.0 Å². The number of nitrogens with zero attached hydrogens (tertiary/aromatic N) is 3. The first-order valence-electron chi connectivity index (χ1n) is 13.9. The number of piperidine rings is 1. The van der Waals surface area contributed by atoms with Gasteiger partial charge in [0.15, 0.2) is 0 Å². The number of ether oxygens (including phenoxy) is 2. The zero-order chi connectivity index (χ0) is 26.6. The van der Waals surface area contributed by atoms with E-state index in [0.717, 1.165) is 51.5 Å². The van der Waals surface area contributed by atoms with E-state index in [-0.39, 0.29) is 5.91 Å². The van der Waals surface area contributed by atoms with Gasteiger partial charge in [-0.05, 0) is 63.2 Å². The molecular formula is C29H41N5O4. The van der Waals surface area contributed by atoms with Gasteiger partial charge in [0.1, 0.15) is 12.4 Å². The summed E-state index contributed by atoms with van der Waals surface area (Å²) >= 11 is 0. The van der Waals surface area contributed by atoms with Crippen LogP contribution in [0.3, 0.4) is 0 Å². The Balaban J connectivity index is 1.15. The minimum absolute atomic E-state index is 0.0122. The Morgan fingerprint density at radius 1 is 0.868 bits per heavy atom. The van der Waals surface area contributed by atoms with E-state index in [0.29, 0.717) is 43.3 Å². The second kappa shape index (κ2) is 14.6. The minimum Gasteiger partial charge on any atom is -0.492 e. The number of benzene rings is 2. The highest BCUT2D eigenvalue weighted by molar-refractivity contribution is 5.95. The molecule has 2 heterocycles. The number of piperazine rings is 1. The van der Waals surface area contributed by atoms with Gasteiger partial charge in [-0.15, -0.1) is 0 Å². The quantitative estimate of drug-likeness (QED) is 0.465. The van der Waals surface area contributed by atoms with Crippen LogP contribution in [0.25, 0.3) is 0 Å². The predicted octanol–water partition coefficient (Wildman–Crippen LogP) is 3.67. The SMILES string of the molecule is CCOc1ccccc1NC(=O)OCCN1CCN(c2cccc(C(=O)NCCN3CCCCC3)c2)CC1. The number of amides is 2. The second-order valence-corrected chi connectivity index (χ2v) is 9.73. The van der Waals surface area contributed by atoms with Crippen molar-refractivity contribution in [2.75, 3.05) is 82.3 Å². The monoisotopic (exact) mass is 523 g/mol. The number of rotatable bonds is 11. The lowest BCUT2D eigenvalue weighted by Gasteiger charge is -2.36. The lowest BCUT2D eigenvalue weighted by molar-refractivity contribution is 0.0946. The van der Waals surface area contributed by atoms with Crippen LogP contribution in [0.2, 0.25) is 0 Å². The summed E-state index contributed by atoms with van der Waals surface area (Å²) in [7, 11) is 0. The van der Waals surface area contributed by atoms with Crippen molar-refractivity contribution in [3.8, 4) is 5.75 Å². The summed E-state index contributed by atoms with van der Waals surface area (Å²) in [5, 5.41) is 5.84. The first-order chi connectivity index (χ1) is 18.6. The first-order valence-corrected chi connectivity index (χ1v) is 13.9. The Hall–Kier alpha value is -3.30. The number of carbonyl (C=O) groups excluding carboxylic acids is 2. The van der Waals surface area contributed by atoms with Crippen molar-refractivity contribution in [3.63, 3.8) is 0 Å². The van der Waals surface area contributed by atoms with Crippen molar-refractivity contribution in [2.45, 2.75) is 26.2 Å². The maximum atomic E-state index is 12.7. The largest absolute Gasteiger partial charge is 0.492 e. The zero-order valence-corrected chi connectivity index (χ0v) is 22.5. The maximum absolute atomic E-state index is 12.7. The van der Waals surface area contributed by atoms with Gasteiger partial charge >= 0.3 is 6.09 Å². The Morgan fingerprint density at radius 2 is 1.63 bits per heavy atom. The molecule has 2 aromatic rings. The molecule has 0 spiro atoms. The summed E-state index contributed by atoms with van der Waals surface area (Å²) in [6.07, 6.45) is 3.35. The first kappa shape index (κ1) is 27.7. The smallest absolute Gasteiger partial charge is 0.411 e. The van der Waals surface area contributed by atoms with Gasteiger partial charge in [0.25, 0.3) is 5.91 Å². The number of hydrogen-bond donors (Lipinski definition) is 2. The average Bonchev–Trinajstić information content (AvgIpc) is 2.95. The third-order valence-corrected chi connectivity index (χ3v) is 7.07. The van der Waals surface area contributed by atoms with E-state index in [1.54, 1.807) is 6.07 Å². The number of anilines is 2. The summed E-state index contributed by atoms with van der Waals surface area (Å²) in [6, 6.07) is 15.2. The van der Waals surface area contributed by atoms with Gasteiger partial charge in [-0.25, -0.2) is 4.79 Å². The highest BCUT2D eigenvalue weighted by atomic mass is 16.5. The van der Waals surface area contributed by atoms with Crippen molar-refractivity contribution in [3.05, 3.63) is 54.1 Å². The maximum Gasteiger partial charge on any atom is 0.411 e. The van der Waals surface area contributed by atoms with Gasteiger partial charge in [0, 0.05) is 57.1 Å². The lowest BCUT2D eigenvalue weighted by Crippen LogP contribution is -2.47. The molecule has 2 aromatic carbocycles. The highest BCUT2D eigenvalue weighted by Gasteiger charge is 2.19. The molecule has 2 aliphatic rings. The number of hydrogen-bond acceptors (Lipinski definition) is 7. The van der Waals surface area contributed by atoms with E-state index in [1.807, 2.05) is 43.3 Å². The molecule has 0 atom stereocenters. The van der Waals surface area contributed by atoms with E-state index < -0.39 is 6.09 Å². The van der Waals surface area contributed by atoms with Crippen LogP contribution in [0.4, 0.5) is 16.2 Å². The molecule has 0 unspecified atom stereocenters. The molecule has 2 aliphatic heterocycles. The van der Waals surface area contributed by atoms with Crippen LogP contribution in [0.5, 0.6) is 5.75 Å². The zero-order valence-electron chi connectivity index (χ0n) is 22.5. The molecule has 0 aliphatic carbocycles. The number of likely N-dealkylation sites (tertiary alicyclic amines) is 1. The molecular weight excluding hydrogens is 482 g/mol. The number of carbonyl (C=O) groups is 2. The van der Waals surface area contributed by atoms with Crippen LogP contribution < -0.4 is 20.3 Å². The topological polar surface area (TPSA) is 86.4 Å². The van der Waals surface area contributed by atoms with Crippen LogP contribution in [0.15, 0.2) is 48.5 Å². The molecule has 2 fully saturated rings. The highest BCUT2D eigenvalue weighted by Crippen LogP contribution is 2.24. The second-order valence-electron chi connectivity index (χ2n) is 9.73. The van der Waals surface area contributed by atoms with Crippen LogP contribution in [0, 0.1) is 0 Å². The van der Waals surface area contributed by atoms with Gasteiger partial charge in [-0.2, -0.15) is 0 Å². The molecule has 0 saturated carbocycles. The van der Waals surface area contributed by atoms with E-state index in [1.165, 1.54) is 19.3 Å². The van der Waals surface area contributed by atoms with Crippen molar-refractivity contribution < 1.29 is 19.1 Å². The molecule has 0 bridgehead atoms.